The summed E-state index contributed by atoms with van der Waals surface area (Å²) in [6.07, 6.45) is 10.8. The minimum atomic E-state index is -4.18. The van der Waals surface area contributed by atoms with Gasteiger partial charge in [0.15, 0.2) is 17.2 Å². The summed E-state index contributed by atoms with van der Waals surface area (Å²) in [5.74, 6) is -0.799. The number of rotatable bonds is 13. The van der Waals surface area contributed by atoms with Gasteiger partial charge in [0.2, 0.25) is 0 Å². The van der Waals surface area contributed by atoms with Crippen LogP contribution in [0.3, 0.4) is 0 Å². The highest BCUT2D eigenvalue weighted by atomic mass is 31.2. The predicted molar refractivity (Wildman–Crippen MR) is 163 cm³/mol. The molecule has 2 aromatic heterocycles. The number of fused-ring (bicyclic) bond motifs is 1. The van der Waals surface area contributed by atoms with Crippen molar-refractivity contribution in [3.63, 3.8) is 0 Å². The number of anilines is 1. The number of nitrogens with zero attached hydrogens (tertiary/aromatic N) is 4. The van der Waals surface area contributed by atoms with Crippen molar-refractivity contribution < 1.29 is 28.0 Å². The number of nitrogen functional groups attached to an aromatic ring is 1. The minimum Gasteiger partial charge on any atom is -0.382 e. The van der Waals surface area contributed by atoms with Crippen molar-refractivity contribution in [3.8, 4) is 0 Å². The Kier molecular flexibility index (Phi) is 9.73. The Morgan fingerprint density at radius 2 is 1.89 bits per heavy atom. The molecule has 1 unspecified atom stereocenters. The molecule has 0 spiro atoms. The van der Waals surface area contributed by atoms with E-state index < -0.39 is 19.8 Å². The number of benzene rings is 2. The SMILES string of the molecule is C[C@H](NOCc1ccc(C=CC(=O)c2ccccc2)cc1)C(=O)OP(N)(=O)OC[C@H]1C=C[C@@H](n2cnc3c(N)ncnc32)C1. The van der Waals surface area contributed by atoms with Crippen LogP contribution >= 0.6 is 7.75 Å². The number of ketones is 1. The molecular formula is C30H32N7O6P. The van der Waals surface area contributed by atoms with Gasteiger partial charge in [0, 0.05) is 11.5 Å². The third kappa shape index (κ3) is 7.90. The smallest absolute Gasteiger partial charge is 0.382 e. The van der Waals surface area contributed by atoms with Gasteiger partial charge in [0.25, 0.3) is 0 Å². The van der Waals surface area contributed by atoms with E-state index in [9.17, 15) is 14.2 Å². The first-order chi connectivity index (χ1) is 21.2. The number of carbonyl (C=O) groups is 2. The standard InChI is InChI=1S/C30H32N7O6P/c1-20(36-41-16-22-9-7-21(8-10-22)12-14-26(38)24-5-3-2-4-6-24)30(39)43-44(32,40)42-17-23-11-13-25(15-23)37-19-35-27-28(31)33-18-34-29(27)37/h2-14,18-20,23,25,36H,15-17H2,1H3,(H2,32,40)(H2,31,33,34)/t20-,23-,25+,44?/m0/s1. The van der Waals surface area contributed by atoms with Crippen molar-refractivity contribution in [2.75, 3.05) is 12.3 Å². The fourth-order valence-electron chi connectivity index (χ4n) is 4.52. The van der Waals surface area contributed by atoms with Crippen LogP contribution in [0.5, 0.6) is 0 Å². The van der Waals surface area contributed by atoms with E-state index in [1.165, 1.54) is 19.3 Å². The van der Waals surface area contributed by atoms with Crippen LogP contribution in [0.25, 0.3) is 17.2 Å². The zero-order valence-corrected chi connectivity index (χ0v) is 24.7. The van der Waals surface area contributed by atoms with E-state index in [2.05, 4.69) is 20.4 Å². The third-order valence-corrected chi connectivity index (χ3v) is 7.84. The second-order valence-corrected chi connectivity index (χ2v) is 11.7. The van der Waals surface area contributed by atoms with E-state index in [1.54, 1.807) is 24.5 Å². The molecule has 2 aromatic carbocycles. The zero-order valence-electron chi connectivity index (χ0n) is 23.9. The molecule has 1 aliphatic rings. The normalized spacial score (nSPS) is 18.4. The van der Waals surface area contributed by atoms with Crippen LogP contribution in [0.2, 0.25) is 0 Å². The molecule has 0 radical (unpaired) electrons. The Morgan fingerprint density at radius 1 is 1.11 bits per heavy atom. The maximum absolute atomic E-state index is 12.7. The summed E-state index contributed by atoms with van der Waals surface area (Å²) in [6, 6.07) is 15.3. The van der Waals surface area contributed by atoms with E-state index in [1.807, 2.05) is 59.2 Å². The zero-order chi connectivity index (χ0) is 31.1. The van der Waals surface area contributed by atoms with Crippen molar-refractivity contribution in [1.29, 1.82) is 0 Å². The molecule has 228 valence electrons. The number of carbonyl (C=O) groups excluding carboxylic acids is 2. The summed E-state index contributed by atoms with van der Waals surface area (Å²) in [5.41, 5.74) is 17.5. The molecule has 0 bridgehead atoms. The Morgan fingerprint density at radius 3 is 2.66 bits per heavy atom. The second-order valence-electron chi connectivity index (χ2n) is 10.2. The van der Waals surface area contributed by atoms with Crippen LogP contribution < -0.4 is 16.7 Å². The molecule has 0 amide bonds. The maximum atomic E-state index is 12.7. The summed E-state index contributed by atoms with van der Waals surface area (Å²) in [7, 11) is -4.18. The fourth-order valence-corrected chi connectivity index (χ4v) is 5.38. The van der Waals surface area contributed by atoms with Crippen molar-refractivity contribution in [2.45, 2.75) is 32.0 Å². The molecule has 5 N–H and O–H groups in total. The van der Waals surface area contributed by atoms with Crippen molar-refractivity contribution in [3.05, 3.63) is 102 Å². The molecule has 0 fully saturated rings. The van der Waals surface area contributed by atoms with Gasteiger partial charge in [-0.25, -0.2) is 29.8 Å². The van der Waals surface area contributed by atoms with E-state index in [4.69, 9.17) is 25.1 Å². The highest BCUT2D eigenvalue weighted by Crippen LogP contribution is 2.41. The lowest BCUT2D eigenvalue weighted by molar-refractivity contribution is -0.141. The average molecular weight is 618 g/mol. The molecule has 1 aliphatic carbocycles. The van der Waals surface area contributed by atoms with Gasteiger partial charge in [-0.1, -0.05) is 72.8 Å². The summed E-state index contributed by atoms with van der Waals surface area (Å²) in [5, 5.41) is 0. The van der Waals surface area contributed by atoms with E-state index in [0.717, 1.165) is 11.1 Å². The Hall–Kier alpha value is -4.52. The van der Waals surface area contributed by atoms with E-state index in [0.29, 0.717) is 29.0 Å². The Labute approximate surface area is 253 Å². The molecule has 5 rings (SSSR count). The highest BCUT2D eigenvalue weighted by molar-refractivity contribution is 7.51. The first kappa shape index (κ1) is 30.9. The molecule has 2 heterocycles. The largest absolute Gasteiger partial charge is 0.458 e. The number of allylic oxidation sites excluding steroid dienone is 2. The fraction of sp³-hybridized carbons (Fsp3) is 0.233. The van der Waals surface area contributed by atoms with Crippen LogP contribution in [-0.4, -0.2) is 43.9 Å². The Balaban J connectivity index is 1.02. The number of nitrogens with one attached hydrogen (secondary N) is 1. The van der Waals surface area contributed by atoms with Gasteiger partial charge >= 0.3 is 13.7 Å². The quantitative estimate of drug-likeness (QED) is 0.0640. The lowest BCUT2D eigenvalue weighted by atomic mass is 10.1. The van der Waals surface area contributed by atoms with E-state index in [-0.39, 0.29) is 31.0 Å². The molecule has 0 saturated heterocycles. The lowest BCUT2D eigenvalue weighted by Gasteiger charge is -2.19. The van der Waals surface area contributed by atoms with Crippen LogP contribution in [0.4, 0.5) is 5.82 Å². The molecular weight excluding hydrogens is 585 g/mol. The molecule has 14 heteroatoms. The number of hydroxylamine groups is 1. The lowest BCUT2D eigenvalue weighted by Crippen LogP contribution is -2.35. The predicted octanol–water partition coefficient (Wildman–Crippen LogP) is 4.16. The highest BCUT2D eigenvalue weighted by Gasteiger charge is 2.30. The number of imidazole rings is 1. The Bertz CT molecular complexity index is 1720. The van der Waals surface area contributed by atoms with Gasteiger partial charge in [-0.3, -0.25) is 14.2 Å². The van der Waals surface area contributed by atoms with Crippen LogP contribution in [0, 0.1) is 5.92 Å². The summed E-state index contributed by atoms with van der Waals surface area (Å²) >= 11 is 0. The van der Waals surface area contributed by atoms with Gasteiger partial charge in [0.1, 0.15) is 17.9 Å². The van der Waals surface area contributed by atoms with Gasteiger partial charge in [0.05, 0.1) is 25.6 Å². The summed E-state index contributed by atoms with van der Waals surface area (Å²) in [6.45, 7) is 1.61. The van der Waals surface area contributed by atoms with Gasteiger partial charge in [-0.2, -0.15) is 5.48 Å². The second kappa shape index (κ2) is 13.8. The molecule has 13 nitrogen and oxygen atoms in total. The molecule has 4 aromatic rings. The summed E-state index contributed by atoms with van der Waals surface area (Å²) < 4.78 is 24.8. The van der Waals surface area contributed by atoms with Crippen LogP contribution in [-0.2, 0) is 29.9 Å². The monoisotopic (exact) mass is 617 g/mol. The van der Waals surface area contributed by atoms with Crippen LogP contribution in [0.15, 0.2) is 85.5 Å². The van der Waals surface area contributed by atoms with Crippen LogP contribution in [0.1, 0.15) is 40.9 Å². The van der Waals surface area contributed by atoms with Gasteiger partial charge < -0.3 is 14.8 Å². The van der Waals surface area contributed by atoms with Crippen molar-refractivity contribution in [1.82, 2.24) is 25.0 Å². The number of hydrogen-bond donors (Lipinski definition) is 3. The average Bonchev–Trinajstić information content (AvgIpc) is 3.68. The molecule has 0 saturated carbocycles. The maximum Gasteiger partial charge on any atom is 0.458 e. The number of hydrogen-bond acceptors (Lipinski definition) is 11. The van der Waals surface area contributed by atoms with E-state index >= 15 is 0 Å². The molecule has 4 atom stereocenters. The van der Waals surface area contributed by atoms with Gasteiger partial charge in [-0.15, -0.1) is 0 Å². The topological polar surface area (TPSA) is 187 Å². The van der Waals surface area contributed by atoms with Gasteiger partial charge in [-0.05, 0) is 30.5 Å². The minimum absolute atomic E-state index is 0.0122. The van der Waals surface area contributed by atoms with Crippen molar-refractivity contribution in [2.24, 2.45) is 11.4 Å². The summed E-state index contributed by atoms with van der Waals surface area (Å²) in [4.78, 5) is 42.6. The van der Waals surface area contributed by atoms with Crippen molar-refractivity contribution >= 4 is 42.6 Å². The molecule has 0 aliphatic heterocycles. The third-order valence-electron chi connectivity index (χ3n) is 6.90. The molecule has 44 heavy (non-hydrogen) atoms. The first-order valence-electron chi connectivity index (χ1n) is 13.8. The number of aromatic nitrogens is 4. The first-order valence-corrected chi connectivity index (χ1v) is 15.4. The number of nitrogens with two attached hydrogens (primary N) is 2.